The van der Waals surface area contributed by atoms with Gasteiger partial charge < -0.3 is 19.5 Å². The zero-order valence-corrected chi connectivity index (χ0v) is 24.7. The van der Waals surface area contributed by atoms with Crippen LogP contribution in [0.1, 0.15) is 56.8 Å². The number of ether oxygens (including phenoxy) is 3. The van der Waals surface area contributed by atoms with Gasteiger partial charge in [-0.2, -0.15) is 4.98 Å². The average Bonchev–Trinajstić information content (AvgIpc) is 3.29. The van der Waals surface area contributed by atoms with E-state index in [1.807, 2.05) is 52.0 Å². The zero-order chi connectivity index (χ0) is 27.2. The molecule has 1 unspecified atom stereocenters. The molecule has 0 aliphatic carbocycles. The lowest BCUT2D eigenvalue weighted by atomic mass is 9.95. The van der Waals surface area contributed by atoms with Gasteiger partial charge in [0.2, 0.25) is 11.1 Å². The van der Waals surface area contributed by atoms with Crippen molar-refractivity contribution in [1.29, 1.82) is 0 Å². The van der Waals surface area contributed by atoms with Crippen molar-refractivity contribution >= 4 is 39.6 Å². The summed E-state index contributed by atoms with van der Waals surface area (Å²) in [6.45, 7) is 11.0. The summed E-state index contributed by atoms with van der Waals surface area (Å²) >= 11 is 5.24. The van der Waals surface area contributed by atoms with Crippen LogP contribution in [-0.4, -0.2) is 39.7 Å². The number of carbonyl (C=O) groups is 1. The summed E-state index contributed by atoms with van der Waals surface area (Å²) < 4.78 is 20.3. The monoisotopic (exact) mass is 600 g/mol. The average molecular weight is 602 g/mol. The van der Waals surface area contributed by atoms with Gasteiger partial charge in [0, 0.05) is 5.70 Å². The number of hydrogen-bond acceptors (Lipinski definition) is 8. The third-order valence-electron chi connectivity index (χ3n) is 5.91. The standard InChI is InChI=1S/C28H33BrN4O4S/c1-6-13-36-26(34)23-18(5)30-27-31-28(38-8-3)32-33(27)24(23)20-14-21(29)25(22(15-20)35-7-2)37-16-19-11-9-17(4)10-12-19/h9-12,14-15,24H,6-8,13,16H2,1-5H3,(H,30,31,32). The second kappa shape index (κ2) is 12.7. The Hall–Kier alpha value is -2.98. The summed E-state index contributed by atoms with van der Waals surface area (Å²) in [5.41, 5.74) is 4.21. The number of hydrogen-bond donors (Lipinski definition) is 1. The lowest BCUT2D eigenvalue weighted by molar-refractivity contribution is -0.139. The summed E-state index contributed by atoms with van der Waals surface area (Å²) in [5.74, 6) is 2.19. The van der Waals surface area contributed by atoms with Crippen LogP contribution in [0.2, 0.25) is 0 Å². The molecule has 0 saturated heterocycles. The largest absolute Gasteiger partial charge is 0.490 e. The van der Waals surface area contributed by atoms with E-state index >= 15 is 0 Å². The molecule has 1 aromatic heterocycles. The normalized spacial score (nSPS) is 14.6. The van der Waals surface area contributed by atoms with Gasteiger partial charge in [0.25, 0.3) is 0 Å². The van der Waals surface area contributed by atoms with Gasteiger partial charge in [0.15, 0.2) is 11.5 Å². The van der Waals surface area contributed by atoms with Crippen LogP contribution in [0.5, 0.6) is 11.5 Å². The Labute approximate surface area is 236 Å². The molecular weight excluding hydrogens is 568 g/mol. The van der Waals surface area contributed by atoms with Gasteiger partial charge in [0.1, 0.15) is 12.6 Å². The number of nitrogens with zero attached hydrogens (tertiary/aromatic N) is 3. The maximum absolute atomic E-state index is 13.3. The fourth-order valence-electron chi connectivity index (χ4n) is 4.16. The van der Waals surface area contributed by atoms with Gasteiger partial charge in [0.05, 0.1) is 23.3 Å². The molecule has 1 atom stereocenters. The molecule has 4 rings (SSSR count). The highest BCUT2D eigenvalue weighted by Gasteiger charge is 2.36. The number of rotatable bonds is 11. The Bertz CT molecular complexity index is 1320. The molecule has 0 radical (unpaired) electrons. The van der Waals surface area contributed by atoms with Crippen LogP contribution < -0.4 is 14.8 Å². The van der Waals surface area contributed by atoms with Gasteiger partial charge in [-0.25, -0.2) is 9.48 Å². The highest BCUT2D eigenvalue weighted by molar-refractivity contribution is 9.10. The molecule has 2 heterocycles. The van der Waals surface area contributed by atoms with Crippen molar-refractivity contribution in [2.24, 2.45) is 0 Å². The first kappa shape index (κ1) is 28.0. The van der Waals surface area contributed by atoms with E-state index < -0.39 is 6.04 Å². The number of aromatic nitrogens is 3. The van der Waals surface area contributed by atoms with E-state index in [9.17, 15) is 4.79 Å². The number of halogens is 1. The highest BCUT2D eigenvalue weighted by Crippen LogP contribution is 2.43. The van der Waals surface area contributed by atoms with Crippen molar-refractivity contribution < 1.29 is 19.0 Å². The molecule has 1 N–H and O–H groups in total. The number of fused-ring (bicyclic) bond motifs is 1. The summed E-state index contributed by atoms with van der Waals surface area (Å²) in [6.07, 6.45) is 0.731. The minimum Gasteiger partial charge on any atom is -0.490 e. The van der Waals surface area contributed by atoms with E-state index in [0.717, 1.165) is 23.3 Å². The van der Waals surface area contributed by atoms with Crippen LogP contribution in [0, 0.1) is 6.92 Å². The van der Waals surface area contributed by atoms with E-state index in [-0.39, 0.29) is 5.97 Å². The van der Waals surface area contributed by atoms with Crippen LogP contribution in [-0.2, 0) is 16.1 Å². The van der Waals surface area contributed by atoms with Gasteiger partial charge in [-0.15, -0.1) is 5.10 Å². The first-order chi connectivity index (χ1) is 18.4. The lowest BCUT2D eigenvalue weighted by Gasteiger charge is -2.29. The van der Waals surface area contributed by atoms with Crippen LogP contribution in [0.4, 0.5) is 5.95 Å². The number of allylic oxidation sites excluding steroid dienone is 1. The van der Waals surface area contributed by atoms with E-state index in [2.05, 4.69) is 45.3 Å². The molecule has 0 spiro atoms. The van der Waals surface area contributed by atoms with E-state index in [4.69, 9.17) is 19.3 Å². The SMILES string of the molecule is CCCOC(=O)C1=C(C)Nc2nc(SCC)nn2C1c1cc(Br)c(OCc2ccc(C)cc2)c(OCC)c1. The Morgan fingerprint density at radius 1 is 1.13 bits per heavy atom. The van der Waals surface area contributed by atoms with Crippen LogP contribution in [0.25, 0.3) is 0 Å². The highest BCUT2D eigenvalue weighted by atomic mass is 79.9. The smallest absolute Gasteiger partial charge is 0.338 e. The Morgan fingerprint density at radius 3 is 2.58 bits per heavy atom. The molecule has 38 heavy (non-hydrogen) atoms. The number of thioether (sulfide) groups is 1. The fraction of sp³-hybridized carbons (Fsp3) is 0.393. The minimum atomic E-state index is -0.559. The molecule has 2 aromatic carbocycles. The first-order valence-electron chi connectivity index (χ1n) is 12.7. The third-order valence-corrected chi connectivity index (χ3v) is 7.22. The molecule has 202 valence electrons. The summed E-state index contributed by atoms with van der Waals surface area (Å²) in [5, 5.41) is 8.61. The van der Waals surface area contributed by atoms with Gasteiger partial charge in [-0.3, -0.25) is 0 Å². The number of carbonyl (C=O) groups excluding carboxylic acids is 1. The van der Waals surface area contributed by atoms with E-state index in [1.165, 1.54) is 5.56 Å². The minimum absolute atomic E-state index is 0.336. The predicted molar refractivity (Wildman–Crippen MR) is 153 cm³/mol. The molecule has 3 aromatic rings. The van der Waals surface area contributed by atoms with Gasteiger partial charge >= 0.3 is 5.97 Å². The van der Waals surface area contributed by atoms with Crippen molar-refractivity contribution in [3.8, 4) is 11.5 Å². The molecule has 8 nitrogen and oxygen atoms in total. The Morgan fingerprint density at radius 2 is 1.89 bits per heavy atom. The lowest BCUT2D eigenvalue weighted by Crippen LogP contribution is -2.30. The second-order valence-electron chi connectivity index (χ2n) is 8.83. The number of benzene rings is 2. The van der Waals surface area contributed by atoms with Crippen LogP contribution in [0.3, 0.4) is 0 Å². The van der Waals surface area contributed by atoms with Gasteiger partial charge in [-0.1, -0.05) is 55.4 Å². The fourth-order valence-corrected chi connectivity index (χ4v) is 5.28. The van der Waals surface area contributed by atoms with Crippen LogP contribution in [0.15, 0.2) is 57.3 Å². The van der Waals surface area contributed by atoms with Crippen molar-refractivity contribution in [3.05, 3.63) is 68.8 Å². The van der Waals surface area contributed by atoms with E-state index in [0.29, 0.717) is 58.2 Å². The molecule has 1 aliphatic heterocycles. The molecule has 10 heteroatoms. The number of nitrogens with one attached hydrogen (secondary N) is 1. The first-order valence-corrected chi connectivity index (χ1v) is 14.5. The third kappa shape index (κ3) is 6.18. The van der Waals surface area contributed by atoms with Crippen molar-refractivity contribution in [1.82, 2.24) is 14.8 Å². The summed E-state index contributed by atoms with van der Waals surface area (Å²) in [7, 11) is 0. The molecule has 0 saturated carbocycles. The second-order valence-corrected chi connectivity index (χ2v) is 10.9. The van der Waals surface area contributed by atoms with Crippen LogP contribution >= 0.6 is 27.7 Å². The van der Waals surface area contributed by atoms with E-state index in [1.54, 1.807) is 16.4 Å². The molecule has 0 amide bonds. The maximum Gasteiger partial charge on any atom is 0.338 e. The van der Waals surface area contributed by atoms with Gasteiger partial charge in [-0.05, 0) is 72.1 Å². The van der Waals surface area contributed by atoms with Crippen molar-refractivity contribution in [2.45, 2.75) is 58.8 Å². The van der Waals surface area contributed by atoms with Crippen molar-refractivity contribution in [2.75, 3.05) is 24.3 Å². The Balaban J connectivity index is 1.77. The molecule has 0 bridgehead atoms. The quantitative estimate of drug-likeness (QED) is 0.192. The molecule has 0 fully saturated rings. The number of aryl methyl sites for hydroxylation is 1. The molecular formula is C28H33BrN4O4S. The number of anilines is 1. The number of esters is 1. The Kier molecular flexibility index (Phi) is 9.38. The molecule has 1 aliphatic rings. The summed E-state index contributed by atoms with van der Waals surface area (Å²) in [6, 6.07) is 11.5. The predicted octanol–water partition coefficient (Wildman–Crippen LogP) is 6.68. The zero-order valence-electron chi connectivity index (χ0n) is 22.3. The van der Waals surface area contributed by atoms with Crippen molar-refractivity contribution in [3.63, 3.8) is 0 Å². The maximum atomic E-state index is 13.3. The topological polar surface area (TPSA) is 87.5 Å². The summed E-state index contributed by atoms with van der Waals surface area (Å²) in [4.78, 5) is 17.9.